The lowest BCUT2D eigenvalue weighted by Gasteiger charge is -2.38. The van der Waals surface area contributed by atoms with Crippen molar-refractivity contribution in [3.63, 3.8) is 0 Å². The Bertz CT molecular complexity index is 991. The highest BCUT2D eigenvalue weighted by molar-refractivity contribution is 7.17. The van der Waals surface area contributed by atoms with Gasteiger partial charge in [-0.05, 0) is 19.0 Å². The van der Waals surface area contributed by atoms with Gasteiger partial charge in [0.25, 0.3) is 5.69 Å². The van der Waals surface area contributed by atoms with Crippen LogP contribution in [0.25, 0.3) is 4.96 Å². The van der Waals surface area contributed by atoms with Crippen LogP contribution in [0.15, 0.2) is 24.3 Å². The van der Waals surface area contributed by atoms with E-state index in [1.807, 2.05) is 0 Å². The number of piperazine rings is 1. The number of aromatic hydroxyl groups is 1. The van der Waals surface area contributed by atoms with Crippen LogP contribution in [0, 0.1) is 17.0 Å². The monoisotopic (exact) mass is 402 g/mol. The summed E-state index contributed by atoms with van der Waals surface area (Å²) in [4.78, 5) is 21.1. The molecule has 0 radical (unpaired) electrons. The smallest absolute Gasteiger partial charge is 0.269 e. The molecule has 2 aromatic heterocycles. The fraction of sp³-hybridized carbons (Fsp3) is 0.444. The van der Waals surface area contributed by atoms with Gasteiger partial charge in [-0.3, -0.25) is 15.0 Å². The molecule has 0 spiro atoms. The first-order valence-electron chi connectivity index (χ1n) is 9.23. The van der Waals surface area contributed by atoms with Gasteiger partial charge in [-0.15, -0.1) is 5.10 Å². The van der Waals surface area contributed by atoms with Crippen molar-refractivity contribution in [2.24, 2.45) is 0 Å². The molecule has 3 aromatic rings. The van der Waals surface area contributed by atoms with Crippen molar-refractivity contribution < 1.29 is 10.0 Å². The molecule has 28 heavy (non-hydrogen) atoms. The Kier molecular flexibility index (Phi) is 5.00. The SMILES string of the molecule is CCN1CCN([C@H](c2ccc([N+](=O)[O-])cc2)c2sc3nc(C)nn3c2O)CC1. The molecule has 0 saturated carbocycles. The molecule has 9 nitrogen and oxygen atoms in total. The summed E-state index contributed by atoms with van der Waals surface area (Å²) in [5, 5.41) is 26.1. The third-order valence-corrected chi connectivity index (χ3v) is 6.27. The average molecular weight is 402 g/mol. The van der Waals surface area contributed by atoms with Crippen molar-refractivity contribution in [1.29, 1.82) is 0 Å². The Balaban J connectivity index is 1.75. The second-order valence-corrected chi connectivity index (χ2v) is 7.87. The van der Waals surface area contributed by atoms with E-state index in [-0.39, 0.29) is 17.6 Å². The van der Waals surface area contributed by atoms with Crippen molar-refractivity contribution in [2.45, 2.75) is 19.9 Å². The molecule has 0 bridgehead atoms. The van der Waals surface area contributed by atoms with Gasteiger partial charge in [0.15, 0.2) is 0 Å². The predicted molar refractivity (Wildman–Crippen MR) is 106 cm³/mol. The largest absolute Gasteiger partial charge is 0.492 e. The van der Waals surface area contributed by atoms with E-state index < -0.39 is 4.92 Å². The highest BCUT2D eigenvalue weighted by atomic mass is 32.1. The molecular weight excluding hydrogens is 380 g/mol. The van der Waals surface area contributed by atoms with Crippen LogP contribution in [0.3, 0.4) is 0 Å². The van der Waals surface area contributed by atoms with Crippen molar-refractivity contribution in [1.82, 2.24) is 24.4 Å². The van der Waals surface area contributed by atoms with Crippen LogP contribution in [0.4, 0.5) is 5.69 Å². The molecule has 10 heteroatoms. The van der Waals surface area contributed by atoms with Crippen molar-refractivity contribution >= 4 is 22.0 Å². The van der Waals surface area contributed by atoms with Gasteiger partial charge in [0.1, 0.15) is 5.82 Å². The van der Waals surface area contributed by atoms with Gasteiger partial charge in [0, 0.05) is 38.3 Å². The summed E-state index contributed by atoms with van der Waals surface area (Å²) in [7, 11) is 0. The van der Waals surface area contributed by atoms with Crippen molar-refractivity contribution in [2.75, 3.05) is 32.7 Å². The van der Waals surface area contributed by atoms with Gasteiger partial charge in [-0.25, -0.2) is 4.98 Å². The summed E-state index contributed by atoms with van der Waals surface area (Å²) < 4.78 is 1.47. The summed E-state index contributed by atoms with van der Waals surface area (Å²) in [6.07, 6.45) is 0. The topological polar surface area (TPSA) is 100 Å². The first-order valence-corrected chi connectivity index (χ1v) is 10.1. The van der Waals surface area contributed by atoms with E-state index in [9.17, 15) is 15.2 Å². The molecule has 148 valence electrons. The predicted octanol–water partition coefficient (Wildman–Crippen LogP) is 2.44. The molecule has 1 N–H and O–H groups in total. The lowest BCUT2D eigenvalue weighted by molar-refractivity contribution is -0.384. The second-order valence-electron chi connectivity index (χ2n) is 6.86. The minimum absolute atomic E-state index is 0.0563. The van der Waals surface area contributed by atoms with Gasteiger partial charge in [-0.2, -0.15) is 4.52 Å². The fourth-order valence-electron chi connectivity index (χ4n) is 3.67. The van der Waals surface area contributed by atoms with Crippen LogP contribution in [0.5, 0.6) is 5.88 Å². The van der Waals surface area contributed by atoms with E-state index in [1.165, 1.54) is 28.0 Å². The summed E-state index contributed by atoms with van der Waals surface area (Å²) in [6.45, 7) is 8.54. The van der Waals surface area contributed by atoms with Crippen molar-refractivity contribution in [3.8, 4) is 5.88 Å². The van der Waals surface area contributed by atoms with E-state index in [4.69, 9.17) is 0 Å². The molecule has 0 aliphatic carbocycles. The molecule has 1 aliphatic rings. The Morgan fingerprint density at radius 1 is 1.25 bits per heavy atom. The molecule has 4 rings (SSSR count). The van der Waals surface area contributed by atoms with Crippen LogP contribution in [0.2, 0.25) is 0 Å². The molecule has 1 aliphatic heterocycles. The zero-order valence-corrected chi connectivity index (χ0v) is 16.6. The highest BCUT2D eigenvalue weighted by Gasteiger charge is 2.31. The fourth-order valence-corrected chi connectivity index (χ4v) is 4.83. The van der Waals surface area contributed by atoms with Gasteiger partial charge < -0.3 is 10.0 Å². The Morgan fingerprint density at radius 2 is 1.93 bits per heavy atom. The minimum Gasteiger partial charge on any atom is -0.492 e. The Morgan fingerprint density at radius 3 is 2.50 bits per heavy atom. The quantitative estimate of drug-likeness (QED) is 0.517. The number of hydrogen-bond acceptors (Lipinski definition) is 8. The molecule has 0 unspecified atom stereocenters. The maximum absolute atomic E-state index is 11.0. The van der Waals surface area contributed by atoms with E-state index >= 15 is 0 Å². The number of hydrogen-bond donors (Lipinski definition) is 1. The number of nitro groups is 1. The maximum Gasteiger partial charge on any atom is 0.269 e. The minimum atomic E-state index is -0.401. The van der Waals surface area contributed by atoms with Gasteiger partial charge in [0.05, 0.1) is 15.8 Å². The number of aryl methyl sites for hydroxylation is 1. The number of likely N-dealkylation sites (N-methyl/N-ethyl adjacent to an activating group) is 1. The summed E-state index contributed by atoms with van der Waals surface area (Å²) in [5.41, 5.74) is 0.966. The van der Waals surface area contributed by atoms with Crippen LogP contribution in [-0.2, 0) is 0 Å². The molecule has 1 atom stereocenters. The number of aromatic nitrogens is 3. The molecule has 3 heterocycles. The van der Waals surface area contributed by atoms with Crippen molar-refractivity contribution in [3.05, 3.63) is 50.6 Å². The Hall–Kier alpha value is -2.56. The number of nitro benzene ring substituents is 1. The van der Waals surface area contributed by atoms with Gasteiger partial charge in [-0.1, -0.05) is 30.4 Å². The Labute approximate surface area is 166 Å². The van der Waals surface area contributed by atoms with Crippen LogP contribution in [-0.4, -0.2) is 67.2 Å². The number of rotatable bonds is 5. The maximum atomic E-state index is 11.0. The molecule has 1 aromatic carbocycles. The first kappa shape index (κ1) is 18.8. The standard InChI is InChI=1S/C18H22N6O3S/c1-3-21-8-10-22(11-9-21)15(13-4-6-14(7-5-13)24(26)27)16-17(25)23-18(28-16)19-12(2)20-23/h4-7,15,25H,3,8-11H2,1-2H3/t15-/m1/s1. The molecule has 1 saturated heterocycles. The highest BCUT2D eigenvalue weighted by Crippen LogP contribution is 2.40. The van der Waals surface area contributed by atoms with E-state index in [0.717, 1.165) is 43.2 Å². The number of thiazole rings is 1. The van der Waals surface area contributed by atoms with Gasteiger partial charge in [0.2, 0.25) is 10.8 Å². The van der Waals surface area contributed by atoms with E-state index in [1.54, 1.807) is 19.1 Å². The van der Waals surface area contributed by atoms with Crippen LogP contribution >= 0.6 is 11.3 Å². The zero-order chi connectivity index (χ0) is 19.8. The molecule has 1 fully saturated rings. The lowest BCUT2D eigenvalue weighted by Crippen LogP contribution is -2.47. The number of fused-ring (bicyclic) bond motifs is 1. The number of nitrogens with zero attached hydrogens (tertiary/aromatic N) is 6. The van der Waals surface area contributed by atoms with Gasteiger partial charge >= 0.3 is 0 Å². The van der Waals surface area contributed by atoms with E-state index in [2.05, 4.69) is 26.8 Å². The normalized spacial score (nSPS) is 17.2. The second kappa shape index (κ2) is 7.46. The zero-order valence-electron chi connectivity index (χ0n) is 15.8. The third-order valence-electron chi connectivity index (χ3n) is 5.19. The molecular formula is C18H22N6O3S. The molecule has 0 amide bonds. The number of non-ortho nitro benzene ring substituents is 1. The summed E-state index contributed by atoms with van der Waals surface area (Å²) in [5.74, 6) is 0.693. The summed E-state index contributed by atoms with van der Waals surface area (Å²) >= 11 is 1.41. The van der Waals surface area contributed by atoms with Crippen LogP contribution in [0.1, 0.15) is 29.2 Å². The third kappa shape index (κ3) is 3.34. The summed E-state index contributed by atoms with van der Waals surface area (Å²) in [6, 6.07) is 6.38. The lowest BCUT2D eigenvalue weighted by atomic mass is 10.0. The number of benzene rings is 1. The van der Waals surface area contributed by atoms with Crippen LogP contribution < -0.4 is 0 Å². The first-order chi connectivity index (χ1) is 13.5. The van der Waals surface area contributed by atoms with E-state index in [0.29, 0.717) is 10.8 Å². The average Bonchev–Trinajstić information content (AvgIpc) is 3.20.